The molecular formula is C14H12N4OS2. The maximum atomic E-state index is 12.4. The van der Waals surface area contributed by atoms with E-state index in [9.17, 15) is 4.79 Å². The number of carbonyl (C=O) groups is 1. The van der Waals surface area contributed by atoms with Crippen molar-refractivity contribution in [1.82, 2.24) is 14.9 Å². The highest BCUT2D eigenvalue weighted by atomic mass is 32.1. The van der Waals surface area contributed by atoms with Crippen LogP contribution in [0.5, 0.6) is 0 Å². The van der Waals surface area contributed by atoms with Gasteiger partial charge in [-0.2, -0.15) is 0 Å². The number of fused-ring (bicyclic) bond motifs is 3. The van der Waals surface area contributed by atoms with Crippen molar-refractivity contribution in [2.24, 2.45) is 0 Å². The van der Waals surface area contributed by atoms with Gasteiger partial charge >= 0.3 is 0 Å². The molecule has 7 heteroatoms. The highest BCUT2D eigenvalue weighted by Gasteiger charge is 2.26. The number of rotatable bonds is 1. The molecule has 0 unspecified atom stereocenters. The Labute approximate surface area is 129 Å². The van der Waals surface area contributed by atoms with Crippen molar-refractivity contribution in [3.05, 3.63) is 39.2 Å². The van der Waals surface area contributed by atoms with Crippen LogP contribution in [-0.2, 0) is 13.0 Å². The quantitative estimate of drug-likeness (QED) is 0.749. The van der Waals surface area contributed by atoms with Gasteiger partial charge < -0.3 is 10.6 Å². The highest BCUT2D eigenvalue weighted by molar-refractivity contribution is 7.19. The molecular weight excluding hydrogens is 304 g/mol. The fraction of sp³-hybridized carbons (Fsp3) is 0.214. The Bertz CT molecular complexity index is 825. The average Bonchev–Trinajstić information content (AvgIpc) is 3.13. The summed E-state index contributed by atoms with van der Waals surface area (Å²) in [7, 11) is 0. The first-order valence-corrected chi connectivity index (χ1v) is 8.27. The van der Waals surface area contributed by atoms with Crippen molar-refractivity contribution in [1.29, 1.82) is 0 Å². The topological polar surface area (TPSA) is 72.1 Å². The second kappa shape index (κ2) is 4.78. The molecule has 0 atom stereocenters. The first-order chi connectivity index (χ1) is 10.2. The second-order valence-electron chi connectivity index (χ2n) is 4.90. The van der Waals surface area contributed by atoms with Gasteiger partial charge in [0.15, 0.2) is 0 Å². The molecule has 3 aromatic heterocycles. The van der Waals surface area contributed by atoms with Crippen LogP contribution in [-0.4, -0.2) is 27.3 Å². The van der Waals surface area contributed by atoms with Gasteiger partial charge in [-0.05, 0) is 23.4 Å². The number of nitrogen functional groups attached to an aromatic ring is 1. The number of hydrogen-bond acceptors (Lipinski definition) is 6. The molecule has 1 amide bonds. The minimum Gasteiger partial charge on any atom is -0.383 e. The molecule has 0 fully saturated rings. The first-order valence-electron chi connectivity index (χ1n) is 6.57. The summed E-state index contributed by atoms with van der Waals surface area (Å²) in [5, 5.41) is 2.90. The molecule has 0 saturated carbocycles. The summed E-state index contributed by atoms with van der Waals surface area (Å²) in [5.41, 5.74) is 7.18. The van der Waals surface area contributed by atoms with E-state index in [1.54, 1.807) is 11.3 Å². The van der Waals surface area contributed by atoms with Crippen molar-refractivity contribution in [2.45, 2.75) is 13.0 Å². The van der Waals surface area contributed by atoms with Crippen LogP contribution in [0, 0.1) is 0 Å². The van der Waals surface area contributed by atoms with E-state index >= 15 is 0 Å². The summed E-state index contributed by atoms with van der Waals surface area (Å²) < 4.78 is 0. The molecule has 4 rings (SSSR count). The third-order valence-corrected chi connectivity index (χ3v) is 5.67. The molecule has 1 aliphatic rings. The fourth-order valence-electron chi connectivity index (χ4n) is 2.68. The largest absolute Gasteiger partial charge is 0.383 e. The number of hydrogen-bond donors (Lipinski definition) is 1. The third kappa shape index (κ3) is 2.00. The number of nitrogens with zero attached hydrogens (tertiary/aromatic N) is 3. The summed E-state index contributed by atoms with van der Waals surface area (Å²) in [4.78, 5) is 25.6. The number of aromatic nitrogens is 2. The predicted molar refractivity (Wildman–Crippen MR) is 84.6 cm³/mol. The minimum atomic E-state index is 0.104. The van der Waals surface area contributed by atoms with E-state index in [0.717, 1.165) is 21.5 Å². The summed E-state index contributed by atoms with van der Waals surface area (Å²) >= 11 is 3.09. The molecule has 0 spiro atoms. The predicted octanol–water partition coefficient (Wildman–Crippen LogP) is 2.53. The standard InChI is InChI=1S/C14H12N4OS2/c15-12-11-8-3-4-18(14(19)9-2-1-5-20-9)6-10(8)21-13(11)17-7-16-12/h1-2,5,7H,3-4,6H2,(H2,15,16,17). The first kappa shape index (κ1) is 12.7. The van der Waals surface area contributed by atoms with Gasteiger partial charge in [0, 0.05) is 11.4 Å². The van der Waals surface area contributed by atoms with Crippen molar-refractivity contribution >= 4 is 44.6 Å². The molecule has 0 aliphatic carbocycles. The summed E-state index contributed by atoms with van der Waals surface area (Å²) in [6.07, 6.45) is 2.30. The zero-order chi connectivity index (χ0) is 14.4. The molecule has 0 radical (unpaired) electrons. The second-order valence-corrected chi connectivity index (χ2v) is 6.93. The van der Waals surface area contributed by atoms with E-state index in [2.05, 4.69) is 9.97 Å². The Kier molecular flexibility index (Phi) is 2.90. The van der Waals surface area contributed by atoms with E-state index in [1.807, 2.05) is 22.4 Å². The van der Waals surface area contributed by atoms with Gasteiger partial charge in [-0.25, -0.2) is 9.97 Å². The fourth-order valence-corrected chi connectivity index (χ4v) is 4.58. The monoisotopic (exact) mass is 316 g/mol. The van der Waals surface area contributed by atoms with Gasteiger partial charge in [-0.1, -0.05) is 6.07 Å². The number of nitrogens with two attached hydrogens (primary N) is 1. The molecule has 0 saturated heterocycles. The molecule has 21 heavy (non-hydrogen) atoms. The zero-order valence-corrected chi connectivity index (χ0v) is 12.7. The number of thiophene rings is 2. The normalized spacial score (nSPS) is 14.4. The van der Waals surface area contributed by atoms with E-state index in [0.29, 0.717) is 18.9 Å². The maximum Gasteiger partial charge on any atom is 0.264 e. The van der Waals surface area contributed by atoms with Gasteiger partial charge in [0.2, 0.25) is 0 Å². The molecule has 4 heterocycles. The molecule has 106 valence electrons. The Morgan fingerprint density at radius 2 is 2.29 bits per heavy atom. The molecule has 0 bridgehead atoms. The van der Waals surface area contributed by atoms with Gasteiger partial charge in [-0.15, -0.1) is 22.7 Å². The van der Waals surface area contributed by atoms with Crippen LogP contribution in [0.3, 0.4) is 0 Å². The van der Waals surface area contributed by atoms with E-state index < -0.39 is 0 Å². The zero-order valence-electron chi connectivity index (χ0n) is 11.1. The Morgan fingerprint density at radius 3 is 3.10 bits per heavy atom. The number of amides is 1. The third-order valence-electron chi connectivity index (χ3n) is 3.69. The van der Waals surface area contributed by atoms with Gasteiger partial charge in [0.05, 0.1) is 16.8 Å². The molecule has 0 aromatic carbocycles. The van der Waals surface area contributed by atoms with Crippen molar-refractivity contribution < 1.29 is 4.79 Å². The van der Waals surface area contributed by atoms with E-state index in [4.69, 9.17) is 5.73 Å². The van der Waals surface area contributed by atoms with Crippen LogP contribution in [0.2, 0.25) is 0 Å². The summed E-state index contributed by atoms with van der Waals surface area (Å²) in [5.74, 6) is 0.641. The van der Waals surface area contributed by atoms with Crippen LogP contribution >= 0.6 is 22.7 Å². The van der Waals surface area contributed by atoms with Crippen LogP contribution in [0.15, 0.2) is 23.8 Å². The van der Waals surface area contributed by atoms with Gasteiger partial charge in [0.1, 0.15) is 17.0 Å². The van der Waals surface area contributed by atoms with E-state index in [-0.39, 0.29) is 5.91 Å². The molecule has 2 N–H and O–H groups in total. The minimum absolute atomic E-state index is 0.104. The van der Waals surface area contributed by atoms with Crippen molar-refractivity contribution in [3.8, 4) is 0 Å². The molecule has 3 aromatic rings. The SMILES string of the molecule is Nc1ncnc2sc3c(c12)CCN(C(=O)c1cccs1)C3. The van der Waals surface area contributed by atoms with Crippen molar-refractivity contribution in [2.75, 3.05) is 12.3 Å². The smallest absolute Gasteiger partial charge is 0.264 e. The summed E-state index contributed by atoms with van der Waals surface area (Å²) in [6.45, 7) is 1.34. The van der Waals surface area contributed by atoms with Gasteiger partial charge in [0.25, 0.3) is 5.91 Å². The Hall–Kier alpha value is -1.99. The van der Waals surface area contributed by atoms with Crippen LogP contribution < -0.4 is 5.73 Å². The highest BCUT2D eigenvalue weighted by Crippen LogP contribution is 2.36. The number of carbonyl (C=O) groups excluding carboxylic acids is 1. The molecule has 1 aliphatic heterocycles. The summed E-state index contributed by atoms with van der Waals surface area (Å²) in [6, 6.07) is 3.78. The maximum absolute atomic E-state index is 12.4. The van der Waals surface area contributed by atoms with Crippen LogP contribution in [0.25, 0.3) is 10.2 Å². The number of anilines is 1. The lowest BCUT2D eigenvalue weighted by Crippen LogP contribution is -2.34. The van der Waals surface area contributed by atoms with Crippen LogP contribution in [0.4, 0.5) is 5.82 Å². The Balaban J connectivity index is 1.71. The van der Waals surface area contributed by atoms with Gasteiger partial charge in [-0.3, -0.25) is 4.79 Å². The van der Waals surface area contributed by atoms with E-state index in [1.165, 1.54) is 28.1 Å². The Morgan fingerprint density at radius 1 is 1.38 bits per heavy atom. The lowest BCUT2D eigenvalue weighted by atomic mass is 10.0. The average molecular weight is 316 g/mol. The van der Waals surface area contributed by atoms with Crippen LogP contribution in [0.1, 0.15) is 20.1 Å². The van der Waals surface area contributed by atoms with Crippen molar-refractivity contribution in [3.63, 3.8) is 0 Å². The molecule has 5 nitrogen and oxygen atoms in total. The lowest BCUT2D eigenvalue weighted by molar-refractivity contribution is 0.0742. The lowest BCUT2D eigenvalue weighted by Gasteiger charge is -2.26.